The molecule has 0 aliphatic carbocycles. The van der Waals surface area contributed by atoms with Gasteiger partial charge in [-0.15, -0.1) is 0 Å². The van der Waals surface area contributed by atoms with E-state index in [1.54, 1.807) is 0 Å². The van der Waals surface area contributed by atoms with Gasteiger partial charge in [0, 0.05) is 0 Å². The maximum absolute atomic E-state index is 5.37. The van der Waals surface area contributed by atoms with Crippen LogP contribution in [0.4, 0.5) is 0 Å². The van der Waals surface area contributed by atoms with Crippen LogP contribution in [-0.2, 0) is 4.74 Å². The van der Waals surface area contributed by atoms with Gasteiger partial charge in [-0.25, -0.2) is 0 Å². The van der Waals surface area contributed by atoms with Gasteiger partial charge >= 0.3 is 0 Å². The molecule has 10 heavy (non-hydrogen) atoms. The molecule has 1 atom stereocenters. The second kappa shape index (κ2) is 2.89. The van der Waals surface area contributed by atoms with Gasteiger partial charge in [0.15, 0.2) is 0 Å². The first kappa shape index (κ1) is 8.02. The summed E-state index contributed by atoms with van der Waals surface area (Å²) in [5, 5.41) is 3.43. The maximum Gasteiger partial charge on any atom is 0.0802 e. The lowest BCUT2D eigenvalue weighted by Crippen LogP contribution is -2.61. The smallest absolute Gasteiger partial charge is 0.0802 e. The van der Waals surface area contributed by atoms with E-state index < -0.39 is 0 Å². The monoisotopic (exact) mass is 143 g/mol. The van der Waals surface area contributed by atoms with Crippen molar-refractivity contribution < 1.29 is 4.74 Å². The van der Waals surface area contributed by atoms with Gasteiger partial charge in [-0.1, -0.05) is 6.92 Å². The van der Waals surface area contributed by atoms with Crippen LogP contribution in [-0.4, -0.2) is 24.8 Å². The van der Waals surface area contributed by atoms with Crippen molar-refractivity contribution in [2.75, 3.05) is 13.2 Å². The highest BCUT2D eigenvalue weighted by molar-refractivity contribution is 4.93. The molecule has 2 nitrogen and oxygen atoms in total. The average molecular weight is 143 g/mol. The van der Waals surface area contributed by atoms with Crippen molar-refractivity contribution in [2.24, 2.45) is 0 Å². The minimum atomic E-state index is 0.0785. The Morgan fingerprint density at radius 2 is 2.30 bits per heavy atom. The summed E-state index contributed by atoms with van der Waals surface area (Å²) in [5.74, 6) is 0. The molecule has 2 heteroatoms. The molecule has 1 aliphatic rings. The van der Waals surface area contributed by atoms with Crippen molar-refractivity contribution in [1.29, 1.82) is 0 Å². The third-order valence-corrected chi connectivity index (χ3v) is 2.10. The molecule has 1 fully saturated rings. The van der Waals surface area contributed by atoms with Gasteiger partial charge in [0.2, 0.25) is 0 Å². The lowest BCUT2D eigenvalue weighted by atomic mass is 9.93. The van der Waals surface area contributed by atoms with Crippen molar-refractivity contribution in [2.45, 2.75) is 38.8 Å². The Morgan fingerprint density at radius 3 is 2.60 bits per heavy atom. The van der Waals surface area contributed by atoms with Crippen molar-refractivity contribution in [1.82, 2.24) is 5.32 Å². The number of rotatable bonds is 3. The predicted octanol–water partition coefficient (Wildman–Crippen LogP) is 1.16. The standard InChI is InChI=1S/C8H17NO/c1-4-5-9-7-6-10-8(7,2)3/h7,9H,4-6H2,1-3H3. The Kier molecular flexibility index (Phi) is 2.32. The largest absolute Gasteiger partial charge is 0.372 e. The molecule has 0 aromatic rings. The first-order chi connectivity index (χ1) is 4.67. The molecule has 0 radical (unpaired) electrons. The van der Waals surface area contributed by atoms with E-state index in [2.05, 4.69) is 26.1 Å². The summed E-state index contributed by atoms with van der Waals surface area (Å²) in [7, 11) is 0. The Hall–Kier alpha value is -0.0800. The van der Waals surface area contributed by atoms with Crippen LogP contribution in [0, 0.1) is 0 Å². The van der Waals surface area contributed by atoms with Crippen LogP contribution in [0.3, 0.4) is 0 Å². The van der Waals surface area contributed by atoms with Gasteiger partial charge in [-0.3, -0.25) is 0 Å². The molecule has 0 amide bonds. The zero-order valence-electron chi connectivity index (χ0n) is 7.11. The zero-order valence-corrected chi connectivity index (χ0v) is 7.11. The topological polar surface area (TPSA) is 21.3 Å². The average Bonchev–Trinajstić information content (AvgIpc) is 1.87. The fraction of sp³-hybridized carbons (Fsp3) is 1.00. The molecule has 1 saturated heterocycles. The molecule has 0 bridgehead atoms. The van der Waals surface area contributed by atoms with Crippen LogP contribution in [0.5, 0.6) is 0 Å². The Labute approximate surface area is 63.0 Å². The normalized spacial score (nSPS) is 29.7. The van der Waals surface area contributed by atoms with Crippen LogP contribution in [0.15, 0.2) is 0 Å². The summed E-state index contributed by atoms with van der Waals surface area (Å²) in [5.41, 5.74) is 0.0785. The van der Waals surface area contributed by atoms with Crippen LogP contribution in [0.2, 0.25) is 0 Å². The molecule has 0 spiro atoms. The summed E-state index contributed by atoms with van der Waals surface area (Å²) in [6.07, 6.45) is 1.20. The third-order valence-electron chi connectivity index (χ3n) is 2.10. The van der Waals surface area contributed by atoms with E-state index in [0.29, 0.717) is 6.04 Å². The zero-order chi connectivity index (χ0) is 7.61. The fourth-order valence-electron chi connectivity index (χ4n) is 1.12. The van der Waals surface area contributed by atoms with Crippen molar-refractivity contribution in [3.05, 3.63) is 0 Å². The Morgan fingerprint density at radius 1 is 1.60 bits per heavy atom. The minimum Gasteiger partial charge on any atom is -0.372 e. The van der Waals surface area contributed by atoms with Crippen molar-refractivity contribution >= 4 is 0 Å². The van der Waals surface area contributed by atoms with E-state index in [9.17, 15) is 0 Å². The number of ether oxygens (including phenoxy) is 1. The van der Waals surface area contributed by atoms with Crippen LogP contribution in [0.25, 0.3) is 0 Å². The highest BCUT2D eigenvalue weighted by Gasteiger charge is 2.39. The summed E-state index contributed by atoms with van der Waals surface area (Å²) in [6.45, 7) is 8.43. The fourth-order valence-corrected chi connectivity index (χ4v) is 1.12. The molecule has 0 aromatic heterocycles. The van der Waals surface area contributed by atoms with E-state index in [1.807, 2.05) is 0 Å². The van der Waals surface area contributed by atoms with Gasteiger partial charge in [0.05, 0.1) is 18.2 Å². The second-order valence-electron chi connectivity index (χ2n) is 3.42. The third kappa shape index (κ3) is 1.50. The van der Waals surface area contributed by atoms with Gasteiger partial charge in [-0.2, -0.15) is 0 Å². The second-order valence-corrected chi connectivity index (χ2v) is 3.42. The Balaban J connectivity index is 2.17. The molecule has 1 unspecified atom stereocenters. The molecule has 1 rings (SSSR count). The highest BCUT2D eigenvalue weighted by Crippen LogP contribution is 2.24. The SMILES string of the molecule is CCCNC1COC1(C)C. The number of hydrogen-bond acceptors (Lipinski definition) is 2. The first-order valence-electron chi connectivity index (χ1n) is 4.04. The number of nitrogens with one attached hydrogen (secondary N) is 1. The molecular formula is C8H17NO. The summed E-state index contributed by atoms with van der Waals surface area (Å²) < 4.78 is 5.37. The van der Waals surface area contributed by atoms with Crippen LogP contribution < -0.4 is 5.32 Å². The van der Waals surface area contributed by atoms with Gasteiger partial charge < -0.3 is 10.1 Å². The van der Waals surface area contributed by atoms with Crippen molar-refractivity contribution in [3.8, 4) is 0 Å². The highest BCUT2D eigenvalue weighted by atomic mass is 16.5. The van der Waals surface area contributed by atoms with Crippen molar-refractivity contribution in [3.63, 3.8) is 0 Å². The summed E-state index contributed by atoms with van der Waals surface area (Å²) in [4.78, 5) is 0. The van der Waals surface area contributed by atoms with Gasteiger partial charge in [0.1, 0.15) is 0 Å². The molecule has 60 valence electrons. The molecular weight excluding hydrogens is 126 g/mol. The number of hydrogen-bond donors (Lipinski definition) is 1. The van der Waals surface area contributed by atoms with Gasteiger partial charge in [0.25, 0.3) is 0 Å². The molecule has 0 saturated carbocycles. The molecule has 1 heterocycles. The van der Waals surface area contributed by atoms with E-state index in [4.69, 9.17) is 4.74 Å². The summed E-state index contributed by atoms with van der Waals surface area (Å²) in [6, 6.07) is 0.576. The molecule has 0 aromatic carbocycles. The van der Waals surface area contributed by atoms with E-state index >= 15 is 0 Å². The lowest BCUT2D eigenvalue weighted by Gasteiger charge is -2.44. The van der Waals surface area contributed by atoms with Crippen LogP contribution >= 0.6 is 0 Å². The lowest BCUT2D eigenvalue weighted by molar-refractivity contribution is -0.153. The first-order valence-corrected chi connectivity index (χ1v) is 4.04. The van der Waals surface area contributed by atoms with E-state index in [-0.39, 0.29) is 5.60 Å². The van der Waals surface area contributed by atoms with Gasteiger partial charge in [-0.05, 0) is 26.8 Å². The van der Waals surface area contributed by atoms with E-state index in [1.165, 1.54) is 6.42 Å². The minimum absolute atomic E-state index is 0.0785. The predicted molar refractivity (Wildman–Crippen MR) is 42.1 cm³/mol. The van der Waals surface area contributed by atoms with Crippen LogP contribution in [0.1, 0.15) is 27.2 Å². The molecule has 1 aliphatic heterocycles. The summed E-state index contributed by atoms with van der Waals surface area (Å²) >= 11 is 0. The quantitative estimate of drug-likeness (QED) is 0.640. The maximum atomic E-state index is 5.37. The Bertz CT molecular complexity index is 112. The molecule has 1 N–H and O–H groups in total. The van der Waals surface area contributed by atoms with E-state index in [0.717, 1.165) is 13.2 Å².